The highest BCUT2D eigenvalue weighted by molar-refractivity contribution is 6.32. The molecule has 4 nitrogen and oxygen atoms in total. The summed E-state index contributed by atoms with van der Waals surface area (Å²) < 4.78 is 0. The van der Waals surface area contributed by atoms with Crippen molar-refractivity contribution in [2.24, 2.45) is 11.8 Å². The van der Waals surface area contributed by atoms with E-state index in [2.05, 4.69) is 34.4 Å². The van der Waals surface area contributed by atoms with Crippen LogP contribution in [0.2, 0.25) is 5.02 Å². The van der Waals surface area contributed by atoms with Crippen LogP contribution in [0.15, 0.2) is 6.20 Å². The molecule has 2 rings (SSSR count). The van der Waals surface area contributed by atoms with Crippen molar-refractivity contribution in [3.05, 3.63) is 11.2 Å². The highest BCUT2D eigenvalue weighted by Crippen LogP contribution is 2.37. The number of nitrogens with one attached hydrogen (secondary N) is 2. The molecule has 0 radical (unpaired) electrons. The van der Waals surface area contributed by atoms with Crippen molar-refractivity contribution in [3.63, 3.8) is 0 Å². The number of nitrogens with zero attached hydrogens (tertiary/aromatic N) is 2. The summed E-state index contributed by atoms with van der Waals surface area (Å²) in [6.07, 6.45) is 4.00. The zero-order valence-corrected chi connectivity index (χ0v) is 11.1. The first-order chi connectivity index (χ1) is 8.20. The molecule has 2 atom stereocenters. The molecule has 1 aliphatic carbocycles. The molecule has 2 unspecified atom stereocenters. The van der Waals surface area contributed by atoms with Gasteiger partial charge in [0, 0.05) is 13.1 Å². The average molecular weight is 255 g/mol. The molecule has 0 amide bonds. The van der Waals surface area contributed by atoms with Gasteiger partial charge >= 0.3 is 0 Å². The van der Waals surface area contributed by atoms with Crippen molar-refractivity contribution >= 4 is 23.4 Å². The van der Waals surface area contributed by atoms with Gasteiger partial charge in [0.25, 0.3) is 0 Å². The first-order valence-electron chi connectivity index (χ1n) is 6.21. The van der Waals surface area contributed by atoms with Gasteiger partial charge in [-0.25, -0.2) is 4.98 Å². The molecule has 1 aromatic heterocycles. The third-order valence-corrected chi connectivity index (χ3v) is 3.36. The van der Waals surface area contributed by atoms with E-state index < -0.39 is 0 Å². The zero-order chi connectivity index (χ0) is 12.3. The van der Waals surface area contributed by atoms with E-state index in [0.717, 1.165) is 37.2 Å². The van der Waals surface area contributed by atoms with Crippen LogP contribution in [0.1, 0.15) is 26.7 Å². The van der Waals surface area contributed by atoms with E-state index in [1.165, 1.54) is 6.42 Å². The van der Waals surface area contributed by atoms with Crippen LogP contribution in [0.25, 0.3) is 0 Å². The Morgan fingerprint density at radius 2 is 2.24 bits per heavy atom. The maximum absolute atomic E-state index is 6.06. The highest BCUT2D eigenvalue weighted by Gasteiger charge is 2.32. The molecule has 0 aliphatic heterocycles. The Balaban J connectivity index is 1.93. The van der Waals surface area contributed by atoms with Crippen LogP contribution in [0.3, 0.4) is 0 Å². The van der Waals surface area contributed by atoms with Crippen molar-refractivity contribution in [1.82, 2.24) is 9.97 Å². The van der Waals surface area contributed by atoms with Crippen molar-refractivity contribution in [3.8, 4) is 0 Å². The minimum Gasteiger partial charge on any atom is -0.368 e. The molecule has 94 valence electrons. The Labute approximate surface area is 107 Å². The molecule has 1 saturated carbocycles. The van der Waals surface area contributed by atoms with Crippen LogP contribution in [-0.4, -0.2) is 23.1 Å². The predicted molar refractivity (Wildman–Crippen MR) is 71.6 cm³/mol. The number of hydrogen-bond donors (Lipinski definition) is 2. The van der Waals surface area contributed by atoms with E-state index in [-0.39, 0.29) is 0 Å². The van der Waals surface area contributed by atoms with Gasteiger partial charge in [-0.3, -0.25) is 0 Å². The smallest absolute Gasteiger partial charge is 0.224 e. The van der Waals surface area contributed by atoms with Crippen LogP contribution in [0.4, 0.5) is 11.8 Å². The Kier molecular flexibility index (Phi) is 4.05. The third-order valence-electron chi connectivity index (χ3n) is 3.09. The van der Waals surface area contributed by atoms with Gasteiger partial charge in [-0.15, -0.1) is 0 Å². The van der Waals surface area contributed by atoms with Gasteiger partial charge < -0.3 is 10.6 Å². The molecule has 2 N–H and O–H groups in total. The maximum atomic E-state index is 6.06. The minimum atomic E-state index is 0.584. The Bertz CT molecular complexity index is 383. The first kappa shape index (κ1) is 12.4. The summed E-state index contributed by atoms with van der Waals surface area (Å²) >= 11 is 6.06. The van der Waals surface area contributed by atoms with Gasteiger partial charge in [0.2, 0.25) is 5.95 Å². The Morgan fingerprint density at radius 1 is 1.47 bits per heavy atom. The fraction of sp³-hybridized carbons (Fsp3) is 0.667. The highest BCUT2D eigenvalue weighted by atomic mass is 35.5. The van der Waals surface area contributed by atoms with Gasteiger partial charge in [0.05, 0.1) is 6.20 Å². The summed E-state index contributed by atoms with van der Waals surface area (Å²) in [6, 6.07) is 0. The SMILES string of the molecule is CCCNc1ncc(Cl)c(NCC2CC2C)n1. The Morgan fingerprint density at radius 3 is 2.88 bits per heavy atom. The normalized spacial score (nSPS) is 22.3. The Hall–Kier alpha value is -1.03. The number of halogens is 1. The molecular weight excluding hydrogens is 236 g/mol. The quantitative estimate of drug-likeness (QED) is 0.819. The number of rotatable bonds is 6. The van der Waals surface area contributed by atoms with Gasteiger partial charge in [0.15, 0.2) is 0 Å². The number of anilines is 2. The summed E-state index contributed by atoms with van der Waals surface area (Å²) in [7, 11) is 0. The summed E-state index contributed by atoms with van der Waals surface area (Å²) in [5.41, 5.74) is 0. The monoisotopic (exact) mass is 254 g/mol. The zero-order valence-electron chi connectivity index (χ0n) is 10.3. The summed E-state index contributed by atoms with van der Waals surface area (Å²) in [4.78, 5) is 8.51. The molecular formula is C12H19ClN4. The molecule has 0 spiro atoms. The second-order valence-corrected chi connectivity index (χ2v) is 5.08. The van der Waals surface area contributed by atoms with Crippen LogP contribution < -0.4 is 10.6 Å². The fourth-order valence-electron chi connectivity index (χ4n) is 1.72. The largest absolute Gasteiger partial charge is 0.368 e. The molecule has 0 bridgehead atoms. The predicted octanol–water partition coefficient (Wildman–Crippen LogP) is 3.02. The molecule has 17 heavy (non-hydrogen) atoms. The van der Waals surface area contributed by atoms with Crippen LogP contribution >= 0.6 is 11.6 Å². The molecule has 1 aromatic rings. The van der Waals surface area contributed by atoms with E-state index in [9.17, 15) is 0 Å². The minimum absolute atomic E-state index is 0.584. The van der Waals surface area contributed by atoms with Crippen molar-refractivity contribution < 1.29 is 0 Å². The lowest BCUT2D eigenvalue weighted by Crippen LogP contribution is -2.10. The number of hydrogen-bond acceptors (Lipinski definition) is 4. The lowest BCUT2D eigenvalue weighted by atomic mass is 10.3. The molecule has 5 heteroatoms. The standard InChI is InChI=1S/C12H19ClN4/c1-3-4-14-12-16-7-10(13)11(17-12)15-6-9-5-8(9)2/h7-9H,3-6H2,1-2H3,(H2,14,15,16,17). The van der Waals surface area contributed by atoms with Crippen LogP contribution in [0, 0.1) is 11.8 Å². The molecule has 1 heterocycles. The van der Waals surface area contributed by atoms with E-state index >= 15 is 0 Å². The lowest BCUT2D eigenvalue weighted by molar-refractivity contribution is 0.784. The molecule has 0 aromatic carbocycles. The molecule has 1 aliphatic rings. The summed E-state index contributed by atoms with van der Waals surface area (Å²) in [5.74, 6) is 2.98. The first-order valence-corrected chi connectivity index (χ1v) is 6.58. The van der Waals surface area contributed by atoms with Crippen molar-refractivity contribution in [1.29, 1.82) is 0 Å². The average Bonchev–Trinajstić information content (AvgIpc) is 3.02. The summed E-state index contributed by atoms with van der Waals surface area (Å²) in [6.45, 7) is 6.20. The fourth-order valence-corrected chi connectivity index (χ4v) is 1.88. The molecule has 0 saturated heterocycles. The van der Waals surface area contributed by atoms with Crippen molar-refractivity contribution in [2.75, 3.05) is 23.7 Å². The van der Waals surface area contributed by atoms with E-state index in [1.54, 1.807) is 6.20 Å². The van der Waals surface area contributed by atoms with E-state index in [4.69, 9.17) is 11.6 Å². The van der Waals surface area contributed by atoms with Crippen LogP contribution in [-0.2, 0) is 0 Å². The second kappa shape index (κ2) is 5.54. The van der Waals surface area contributed by atoms with E-state index in [0.29, 0.717) is 11.0 Å². The third kappa shape index (κ3) is 3.46. The van der Waals surface area contributed by atoms with Gasteiger partial charge in [0.1, 0.15) is 10.8 Å². The maximum Gasteiger partial charge on any atom is 0.224 e. The van der Waals surface area contributed by atoms with Gasteiger partial charge in [-0.05, 0) is 24.7 Å². The van der Waals surface area contributed by atoms with Gasteiger partial charge in [-0.2, -0.15) is 4.98 Å². The van der Waals surface area contributed by atoms with Gasteiger partial charge in [-0.1, -0.05) is 25.4 Å². The van der Waals surface area contributed by atoms with Crippen molar-refractivity contribution in [2.45, 2.75) is 26.7 Å². The number of aromatic nitrogens is 2. The second-order valence-electron chi connectivity index (χ2n) is 4.67. The topological polar surface area (TPSA) is 49.8 Å². The molecule has 1 fully saturated rings. The lowest BCUT2D eigenvalue weighted by Gasteiger charge is -2.09. The summed E-state index contributed by atoms with van der Waals surface area (Å²) in [5, 5.41) is 7.04. The van der Waals surface area contributed by atoms with Crippen LogP contribution in [0.5, 0.6) is 0 Å². The van der Waals surface area contributed by atoms with E-state index in [1.807, 2.05) is 0 Å².